The number of nitrogens with two attached hydrogens (primary N) is 1. The van der Waals surface area contributed by atoms with Gasteiger partial charge in [0.15, 0.2) is 11.5 Å². The van der Waals surface area contributed by atoms with Crippen LogP contribution < -0.4 is 21.1 Å². The highest BCUT2D eigenvalue weighted by molar-refractivity contribution is 6.05. The molecule has 2 aliphatic rings. The first-order valence-electron chi connectivity index (χ1n) is 16.2. The van der Waals surface area contributed by atoms with Crippen molar-refractivity contribution in [2.45, 2.75) is 71.2 Å². The van der Waals surface area contributed by atoms with Crippen molar-refractivity contribution >= 4 is 23.2 Å². The topological polar surface area (TPSA) is 142 Å². The Morgan fingerprint density at radius 2 is 1.89 bits per heavy atom. The minimum atomic E-state index is -0.387. The van der Waals surface area contributed by atoms with E-state index in [0.29, 0.717) is 30.1 Å². The number of carbonyl (C=O) groups excluding carboxylic acids is 1. The maximum absolute atomic E-state index is 13.4. The quantitative estimate of drug-likeness (QED) is 0.147. The number of urea groups is 1. The van der Waals surface area contributed by atoms with Crippen molar-refractivity contribution in [3.05, 3.63) is 101 Å². The van der Waals surface area contributed by atoms with Gasteiger partial charge in [-0.15, -0.1) is 10.2 Å². The minimum Gasteiger partial charge on any atom is -0.484 e. The Kier molecular flexibility index (Phi) is 9.28. The molecule has 1 aliphatic heterocycles. The van der Waals surface area contributed by atoms with Crippen LogP contribution in [0.2, 0.25) is 0 Å². The number of aromatic nitrogens is 3. The summed E-state index contributed by atoms with van der Waals surface area (Å²) in [7, 11) is 2.13. The molecule has 1 fully saturated rings. The third kappa shape index (κ3) is 7.31. The summed E-state index contributed by atoms with van der Waals surface area (Å²) >= 11 is 0. The van der Waals surface area contributed by atoms with Gasteiger partial charge in [0.25, 0.3) is 0 Å². The van der Waals surface area contributed by atoms with E-state index in [1.54, 1.807) is 12.1 Å². The van der Waals surface area contributed by atoms with Crippen LogP contribution >= 0.6 is 0 Å². The van der Waals surface area contributed by atoms with Crippen molar-refractivity contribution in [1.82, 2.24) is 30.1 Å². The van der Waals surface area contributed by atoms with E-state index in [2.05, 4.69) is 43.8 Å². The van der Waals surface area contributed by atoms with Gasteiger partial charge < -0.3 is 20.9 Å². The number of carbonyl (C=O) groups is 1. The molecule has 11 heteroatoms. The number of ether oxygens (including phenoxy) is 1. The molecule has 0 saturated carbocycles. The molecule has 3 heterocycles. The van der Waals surface area contributed by atoms with Crippen LogP contribution in [0.1, 0.15) is 87.2 Å². The van der Waals surface area contributed by atoms with Gasteiger partial charge in [0, 0.05) is 17.2 Å². The minimum absolute atomic E-state index is 0.104. The molecule has 2 amide bonds. The number of amidine groups is 1. The third-order valence-corrected chi connectivity index (χ3v) is 8.98. The second-order valence-electron chi connectivity index (χ2n) is 13.4. The van der Waals surface area contributed by atoms with Crippen molar-refractivity contribution in [2.75, 3.05) is 13.6 Å². The number of fused-ring (bicyclic) bond motifs is 2. The number of hydrogen-bond donors (Lipinski definition) is 4. The summed E-state index contributed by atoms with van der Waals surface area (Å²) in [6.07, 6.45) is 7.11. The predicted octanol–water partition coefficient (Wildman–Crippen LogP) is 5.86. The first-order chi connectivity index (χ1) is 22.6. The fourth-order valence-corrected chi connectivity index (χ4v) is 6.24. The lowest BCUT2D eigenvalue weighted by Crippen LogP contribution is -2.42. The van der Waals surface area contributed by atoms with E-state index < -0.39 is 0 Å². The van der Waals surface area contributed by atoms with Crippen molar-refractivity contribution < 1.29 is 14.6 Å². The van der Waals surface area contributed by atoms with Crippen molar-refractivity contribution in [3.63, 3.8) is 0 Å². The molecule has 5 N–H and O–H groups in total. The van der Waals surface area contributed by atoms with E-state index in [4.69, 9.17) is 10.5 Å². The van der Waals surface area contributed by atoms with Gasteiger partial charge in [-0.3, -0.25) is 14.6 Å². The first kappa shape index (κ1) is 32.2. The average Bonchev–Trinajstić information content (AvgIpc) is 3.66. The molecule has 2 aromatic carbocycles. The Morgan fingerprint density at radius 3 is 2.64 bits per heavy atom. The number of amides is 2. The summed E-state index contributed by atoms with van der Waals surface area (Å²) in [5, 5.41) is 24.5. The smallest absolute Gasteiger partial charge is 0.320 e. The number of aliphatic hydroxyl groups is 1. The number of aliphatic imine (C=N–C) groups is 1. The number of nitrogens with zero attached hydrogens (tertiary/aromatic N) is 5. The third-order valence-electron chi connectivity index (χ3n) is 8.98. The van der Waals surface area contributed by atoms with E-state index in [1.807, 2.05) is 79.9 Å². The molecule has 0 bridgehead atoms. The fraction of sp³-hybridized carbons (Fsp3) is 0.389. The summed E-state index contributed by atoms with van der Waals surface area (Å²) < 4.78 is 8.65. The van der Waals surface area contributed by atoms with Crippen LogP contribution in [-0.2, 0) is 6.61 Å². The summed E-state index contributed by atoms with van der Waals surface area (Å²) in [6.45, 7) is 6.94. The van der Waals surface area contributed by atoms with E-state index in [-0.39, 0.29) is 36.2 Å². The molecule has 246 valence electrons. The molecule has 1 saturated heterocycles. The Morgan fingerprint density at radius 1 is 1.09 bits per heavy atom. The normalized spacial score (nSPS) is 20.7. The lowest BCUT2D eigenvalue weighted by atomic mass is 9.85. The zero-order chi connectivity index (χ0) is 33.1. The molecule has 0 radical (unpaired) electrons. The van der Waals surface area contributed by atoms with Gasteiger partial charge in [-0.2, -0.15) is 0 Å². The second-order valence-corrected chi connectivity index (χ2v) is 13.4. The summed E-state index contributed by atoms with van der Waals surface area (Å²) in [6, 6.07) is 18.8. The summed E-state index contributed by atoms with van der Waals surface area (Å²) in [5.74, 6) is 1.99. The first-order valence-corrected chi connectivity index (χ1v) is 16.2. The Bertz CT molecular complexity index is 1810. The molecule has 1 unspecified atom stereocenters. The van der Waals surface area contributed by atoms with Crippen LogP contribution in [0.3, 0.4) is 0 Å². The predicted molar refractivity (Wildman–Crippen MR) is 182 cm³/mol. The monoisotopic (exact) mass is 636 g/mol. The molecule has 47 heavy (non-hydrogen) atoms. The second kappa shape index (κ2) is 13.5. The number of benzene rings is 2. The van der Waals surface area contributed by atoms with E-state index in [1.165, 1.54) is 0 Å². The molecule has 2 aromatic heterocycles. The highest BCUT2D eigenvalue weighted by Crippen LogP contribution is 2.39. The lowest BCUT2D eigenvalue weighted by Gasteiger charge is -2.32. The van der Waals surface area contributed by atoms with Crippen LogP contribution in [0.25, 0.3) is 5.65 Å². The van der Waals surface area contributed by atoms with Gasteiger partial charge in [-0.1, -0.05) is 57.2 Å². The van der Waals surface area contributed by atoms with E-state index >= 15 is 0 Å². The molecule has 0 spiro atoms. The zero-order valence-electron chi connectivity index (χ0n) is 27.5. The number of allylic oxidation sites excluding steroid dienone is 1. The molecule has 1 aliphatic carbocycles. The maximum atomic E-state index is 13.4. The fourth-order valence-electron chi connectivity index (χ4n) is 6.24. The van der Waals surface area contributed by atoms with Gasteiger partial charge in [-0.25, -0.2) is 9.79 Å². The molecule has 11 nitrogen and oxygen atoms in total. The number of nitrogens with one attached hydrogen (secondary N) is 2. The number of likely N-dealkylation sites (tertiary alicyclic amines) is 1. The van der Waals surface area contributed by atoms with E-state index in [9.17, 15) is 9.90 Å². The molecule has 4 aromatic rings. The van der Waals surface area contributed by atoms with Crippen molar-refractivity contribution in [3.8, 4) is 5.75 Å². The standard InChI is InChI=1S/C36H44N8O3/c1-36(2,3)31(37)20-32(38-24-10-7-9-23(19-24)22-45)40-35(46)39-28-15-16-30(27-12-6-5-11-26(27)28)47-25-14-17-33-41-42-34(44(33)21-25)29-13-8-18-43(29)4/h5-7,9-12,14,17,19-21,28-30,45H,8,13,15-16,18,22,37H2,1-4H3,(H2,38,39,40,46)/t28?,29-,30+/m0/s1. The largest absolute Gasteiger partial charge is 0.484 e. The van der Waals surface area contributed by atoms with Crippen LogP contribution in [-0.4, -0.2) is 50.1 Å². The van der Waals surface area contributed by atoms with Crippen LogP contribution in [0.5, 0.6) is 5.75 Å². The van der Waals surface area contributed by atoms with Gasteiger partial charge in [0.1, 0.15) is 17.7 Å². The highest BCUT2D eigenvalue weighted by atomic mass is 16.5. The van der Waals surface area contributed by atoms with Crippen LogP contribution in [0.15, 0.2) is 83.6 Å². The van der Waals surface area contributed by atoms with E-state index in [0.717, 1.165) is 53.3 Å². The molecular weight excluding hydrogens is 592 g/mol. The zero-order valence-corrected chi connectivity index (χ0v) is 27.5. The number of rotatable bonds is 7. The van der Waals surface area contributed by atoms with Gasteiger partial charge in [0.2, 0.25) is 0 Å². The lowest BCUT2D eigenvalue weighted by molar-refractivity contribution is 0.171. The van der Waals surface area contributed by atoms with Gasteiger partial charge >= 0.3 is 6.03 Å². The maximum Gasteiger partial charge on any atom is 0.320 e. The summed E-state index contributed by atoms with van der Waals surface area (Å²) in [5.41, 5.74) is 10.8. The Balaban J connectivity index is 1.19. The SMILES string of the molecule is CN1CCC[C@H]1c1nnc2ccc(O[C@@H]3CCC(NC(=O)NC(C=C(N)C(C)(C)C)=Nc4cccc(CO)c4)c4ccccc43)cn12. The number of hydrogen-bond acceptors (Lipinski definition) is 8. The summed E-state index contributed by atoms with van der Waals surface area (Å²) in [4.78, 5) is 20.4. The van der Waals surface area contributed by atoms with Gasteiger partial charge in [-0.05, 0) is 80.2 Å². The number of pyridine rings is 1. The molecule has 3 atom stereocenters. The van der Waals surface area contributed by atoms with Crippen molar-refractivity contribution in [1.29, 1.82) is 0 Å². The molecular formula is C36H44N8O3. The number of aliphatic hydroxyl groups excluding tert-OH is 1. The molecule has 6 rings (SSSR count). The highest BCUT2D eigenvalue weighted by Gasteiger charge is 2.31. The average molecular weight is 637 g/mol. The van der Waals surface area contributed by atoms with Crippen molar-refractivity contribution in [2.24, 2.45) is 16.1 Å². The van der Waals surface area contributed by atoms with Crippen LogP contribution in [0, 0.1) is 5.41 Å². The van der Waals surface area contributed by atoms with Gasteiger partial charge in [0.05, 0.1) is 30.6 Å². The van der Waals surface area contributed by atoms with Crippen LogP contribution in [0.4, 0.5) is 10.5 Å². The Hall–Kier alpha value is -4.74. The Labute approximate surface area is 275 Å².